The Morgan fingerprint density at radius 3 is 2.69 bits per heavy atom. The Morgan fingerprint density at radius 1 is 1.28 bits per heavy atom. The van der Waals surface area contributed by atoms with Crippen LogP contribution >= 0.6 is 24.0 Å². The Kier molecular flexibility index (Phi) is 9.63. The summed E-state index contributed by atoms with van der Waals surface area (Å²) in [6, 6.07) is 10.6. The summed E-state index contributed by atoms with van der Waals surface area (Å²) in [5.41, 5.74) is 2.74. The maximum absolute atomic E-state index is 5.31. The molecule has 1 aromatic carbocycles. The van der Waals surface area contributed by atoms with Crippen LogP contribution in [0.2, 0.25) is 0 Å². The van der Waals surface area contributed by atoms with Crippen LogP contribution in [0, 0.1) is 0 Å². The van der Waals surface area contributed by atoms with Crippen molar-refractivity contribution in [1.82, 2.24) is 20.4 Å². The zero-order chi connectivity index (χ0) is 19.8. The van der Waals surface area contributed by atoms with Crippen molar-refractivity contribution in [2.75, 3.05) is 26.2 Å². The van der Waals surface area contributed by atoms with Crippen molar-refractivity contribution in [1.29, 1.82) is 0 Å². The Balaban J connectivity index is 0.00000300. The first-order valence-corrected chi connectivity index (χ1v) is 10.3. The van der Waals surface area contributed by atoms with E-state index >= 15 is 0 Å². The van der Waals surface area contributed by atoms with E-state index in [0.717, 1.165) is 57.2 Å². The standard InChI is InChI=1S/C22H31N5O.HI/c1-4-23-22(24-14-8-11-20-25-21(17(2)3)26-28-20)27-15-12-19(13-16-27)18-9-6-5-7-10-18;/h5-7,9-10,12,17H,4,8,11,13-16H2,1-3H3,(H,23,24);1H. The molecule has 0 unspecified atom stereocenters. The van der Waals surface area contributed by atoms with Gasteiger partial charge < -0.3 is 14.7 Å². The molecule has 1 aliphatic rings. The van der Waals surface area contributed by atoms with Crippen molar-refractivity contribution < 1.29 is 4.52 Å². The third kappa shape index (κ3) is 6.83. The second-order valence-electron chi connectivity index (χ2n) is 7.33. The second kappa shape index (κ2) is 11.9. The number of hydrogen-bond donors (Lipinski definition) is 1. The molecule has 0 atom stereocenters. The van der Waals surface area contributed by atoms with Crippen molar-refractivity contribution in [3.63, 3.8) is 0 Å². The molecule has 3 rings (SSSR count). The summed E-state index contributed by atoms with van der Waals surface area (Å²) >= 11 is 0. The smallest absolute Gasteiger partial charge is 0.226 e. The molecule has 1 N–H and O–H groups in total. The third-order valence-electron chi connectivity index (χ3n) is 4.80. The van der Waals surface area contributed by atoms with Crippen LogP contribution in [0.5, 0.6) is 0 Å². The van der Waals surface area contributed by atoms with Gasteiger partial charge in [-0.25, -0.2) is 0 Å². The van der Waals surface area contributed by atoms with E-state index in [1.807, 2.05) is 0 Å². The van der Waals surface area contributed by atoms with Gasteiger partial charge in [0.15, 0.2) is 11.8 Å². The summed E-state index contributed by atoms with van der Waals surface area (Å²) < 4.78 is 5.31. The van der Waals surface area contributed by atoms with Gasteiger partial charge in [0.25, 0.3) is 0 Å². The predicted octanol–water partition coefficient (Wildman–Crippen LogP) is 4.50. The zero-order valence-electron chi connectivity index (χ0n) is 17.6. The van der Waals surface area contributed by atoms with Gasteiger partial charge in [-0.2, -0.15) is 4.98 Å². The van der Waals surface area contributed by atoms with Crippen molar-refractivity contribution in [2.45, 2.75) is 46.0 Å². The summed E-state index contributed by atoms with van der Waals surface area (Å²) in [6.07, 6.45) is 5.01. The summed E-state index contributed by atoms with van der Waals surface area (Å²) in [7, 11) is 0. The van der Waals surface area contributed by atoms with E-state index in [4.69, 9.17) is 9.52 Å². The quantitative estimate of drug-likeness (QED) is 0.258. The number of benzene rings is 1. The Bertz CT molecular complexity index is 801. The van der Waals surface area contributed by atoms with Gasteiger partial charge in [0.1, 0.15) is 0 Å². The zero-order valence-corrected chi connectivity index (χ0v) is 19.9. The Morgan fingerprint density at radius 2 is 2.07 bits per heavy atom. The molecule has 2 aromatic rings. The van der Waals surface area contributed by atoms with Crippen molar-refractivity contribution >= 4 is 35.5 Å². The highest BCUT2D eigenvalue weighted by Crippen LogP contribution is 2.22. The average molecular weight is 509 g/mol. The molecule has 0 aliphatic carbocycles. The molecular weight excluding hydrogens is 477 g/mol. The van der Waals surface area contributed by atoms with E-state index in [1.165, 1.54) is 11.1 Å². The highest BCUT2D eigenvalue weighted by atomic mass is 127. The van der Waals surface area contributed by atoms with Gasteiger partial charge >= 0.3 is 0 Å². The first-order valence-electron chi connectivity index (χ1n) is 10.3. The van der Waals surface area contributed by atoms with Gasteiger partial charge in [-0.05, 0) is 30.9 Å². The number of halogens is 1. The third-order valence-corrected chi connectivity index (χ3v) is 4.80. The van der Waals surface area contributed by atoms with E-state index < -0.39 is 0 Å². The van der Waals surface area contributed by atoms with Gasteiger partial charge in [-0.15, -0.1) is 24.0 Å². The fourth-order valence-electron chi connectivity index (χ4n) is 3.22. The molecular formula is C22H32IN5O. The number of guanidine groups is 1. The molecule has 0 fully saturated rings. The molecule has 29 heavy (non-hydrogen) atoms. The van der Waals surface area contributed by atoms with Gasteiger partial charge in [-0.3, -0.25) is 4.99 Å². The molecule has 1 aliphatic heterocycles. The molecule has 0 amide bonds. The molecule has 6 nitrogen and oxygen atoms in total. The first-order chi connectivity index (χ1) is 13.7. The van der Waals surface area contributed by atoms with Gasteiger partial charge in [0.2, 0.25) is 5.89 Å². The fourth-order valence-corrected chi connectivity index (χ4v) is 3.22. The maximum atomic E-state index is 5.31. The minimum Gasteiger partial charge on any atom is -0.357 e. The van der Waals surface area contributed by atoms with E-state index in [-0.39, 0.29) is 24.0 Å². The minimum absolute atomic E-state index is 0. The van der Waals surface area contributed by atoms with Crippen LogP contribution in [-0.2, 0) is 6.42 Å². The summed E-state index contributed by atoms with van der Waals surface area (Å²) in [5, 5.41) is 7.44. The lowest BCUT2D eigenvalue weighted by Gasteiger charge is -2.29. The maximum Gasteiger partial charge on any atom is 0.226 e. The van der Waals surface area contributed by atoms with Crippen LogP contribution < -0.4 is 5.32 Å². The summed E-state index contributed by atoms with van der Waals surface area (Å²) in [4.78, 5) is 11.6. The average Bonchev–Trinajstić information content (AvgIpc) is 3.20. The largest absolute Gasteiger partial charge is 0.357 e. The summed E-state index contributed by atoms with van der Waals surface area (Å²) in [6.45, 7) is 9.72. The SMILES string of the molecule is CCNC(=NCCCc1nc(C(C)C)no1)N1CC=C(c2ccccc2)CC1.I. The number of aryl methyl sites for hydroxylation is 1. The molecule has 158 valence electrons. The fraction of sp³-hybridized carbons (Fsp3) is 0.500. The highest BCUT2D eigenvalue weighted by Gasteiger charge is 2.16. The van der Waals surface area contributed by atoms with E-state index in [0.29, 0.717) is 11.8 Å². The first kappa shape index (κ1) is 23.4. The monoisotopic (exact) mass is 509 g/mol. The summed E-state index contributed by atoms with van der Waals surface area (Å²) in [5.74, 6) is 2.77. The lowest BCUT2D eigenvalue weighted by molar-refractivity contribution is 0.369. The second-order valence-corrected chi connectivity index (χ2v) is 7.33. The minimum atomic E-state index is 0. The molecule has 0 saturated heterocycles. The number of nitrogens with zero attached hydrogens (tertiary/aromatic N) is 4. The normalized spacial score (nSPS) is 14.6. The van der Waals surface area contributed by atoms with E-state index in [1.54, 1.807) is 0 Å². The van der Waals surface area contributed by atoms with Crippen LogP contribution in [0.1, 0.15) is 56.8 Å². The van der Waals surface area contributed by atoms with Gasteiger partial charge in [-0.1, -0.05) is 55.4 Å². The number of hydrogen-bond acceptors (Lipinski definition) is 4. The van der Waals surface area contributed by atoms with Gasteiger partial charge in [0.05, 0.1) is 0 Å². The molecule has 0 radical (unpaired) electrons. The highest BCUT2D eigenvalue weighted by molar-refractivity contribution is 14.0. The Labute approximate surface area is 190 Å². The van der Waals surface area contributed by atoms with Crippen molar-refractivity contribution in [2.24, 2.45) is 4.99 Å². The molecule has 1 aromatic heterocycles. The molecule has 2 heterocycles. The molecule has 0 spiro atoms. The number of rotatable bonds is 7. The molecule has 7 heteroatoms. The number of aromatic nitrogens is 2. The van der Waals surface area contributed by atoms with Crippen LogP contribution in [0.3, 0.4) is 0 Å². The topological polar surface area (TPSA) is 66.5 Å². The van der Waals surface area contributed by atoms with Crippen molar-refractivity contribution in [3.8, 4) is 0 Å². The lowest BCUT2D eigenvalue weighted by Crippen LogP contribution is -2.43. The van der Waals surface area contributed by atoms with E-state index in [2.05, 4.69) is 77.5 Å². The van der Waals surface area contributed by atoms with Crippen LogP contribution in [-0.4, -0.2) is 47.2 Å². The number of nitrogens with one attached hydrogen (secondary N) is 1. The number of aliphatic imine (C=N–C) groups is 1. The van der Waals surface area contributed by atoms with Crippen molar-refractivity contribution in [3.05, 3.63) is 53.7 Å². The van der Waals surface area contributed by atoms with Crippen LogP contribution in [0.25, 0.3) is 5.57 Å². The van der Waals surface area contributed by atoms with Crippen LogP contribution in [0.15, 0.2) is 45.9 Å². The predicted molar refractivity (Wildman–Crippen MR) is 129 cm³/mol. The molecule has 0 bridgehead atoms. The van der Waals surface area contributed by atoms with Gasteiger partial charge in [0, 0.05) is 38.5 Å². The van der Waals surface area contributed by atoms with E-state index in [9.17, 15) is 0 Å². The van der Waals surface area contributed by atoms with Crippen LogP contribution in [0.4, 0.5) is 0 Å². The Hall–Kier alpha value is -1.90. The molecule has 0 saturated carbocycles. The lowest BCUT2D eigenvalue weighted by atomic mass is 10.00.